The first-order valence-corrected chi connectivity index (χ1v) is 4.21. The smallest absolute Gasteiger partial charge is 0.321 e. The van der Waals surface area contributed by atoms with Crippen molar-refractivity contribution in [2.24, 2.45) is 17.3 Å². The molecule has 0 aromatic rings. The second kappa shape index (κ2) is 3.77. The molecule has 0 rings (SSSR count). The second-order valence-corrected chi connectivity index (χ2v) is 3.85. The lowest BCUT2D eigenvalue weighted by Crippen LogP contribution is -2.43. The highest BCUT2D eigenvalue weighted by molar-refractivity contribution is 5.98. The molecule has 0 aromatic heterocycles. The molecule has 0 saturated heterocycles. The Kier molecular flexibility index (Phi) is 3.46. The number of rotatable bonds is 4. The van der Waals surface area contributed by atoms with Gasteiger partial charge in [0.05, 0.1) is 0 Å². The Morgan fingerprint density at radius 1 is 1.08 bits per heavy atom. The predicted molar refractivity (Wildman–Crippen MR) is 47.4 cm³/mol. The number of aliphatic carboxylic acids is 2. The highest BCUT2D eigenvalue weighted by Crippen LogP contribution is 2.33. The molecule has 1 unspecified atom stereocenters. The van der Waals surface area contributed by atoms with Gasteiger partial charge in [-0.1, -0.05) is 20.8 Å². The van der Waals surface area contributed by atoms with Crippen LogP contribution in [0.25, 0.3) is 0 Å². The third kappa shape index (κ3) is 1.99. The van der Waals surface area contributed by atoms with Crippen LogP contribution >= 0.6 is 0 Å². The molecule has 0 fully saturated rings. The average Bonchev–Trinajstić information content (AvgIpc) is 2.00. The zero-order valence-corrected chi connectivity index (χ0v) is 8.37. The molecule has 0 aliphatic rings. The van der Waals surface area contributed by atoms with E-state index in [4.69, 9.17) is 10.2 Å². The lowest BCUT2D eigenvalue weighted by atomic mass is 9.72. The summed E-state index contributed by atoms with van der Waals surface area (Å²) in [4.78, 5) is 21.7. The maximum absolute atomic E-state index is 10.8. The van der Waals surface area contributed by atoms with Crippen LogP contribution in [0.2, 0.25) is 0 Å². The van der Waals surface area contributed by atoms with Gasteiger partial charge in [0, 0.05) is 0 Å². The molecule has 4 heteroatoms. The van der Waals surface area contributed by atoms with E-state index in [0.717, 1.165) is 0 Å². The fraction of sp³-hybridized carbons (Fsp3) is 0.778. The maximum atomic E-state index is 10.8. The van der Waals surface area contributed by atoms with E-state index in [1.54, 1.807) is 6.92 Å². The van der Waals surface area contributed by atoms with E-state index in [0.29, 0.717) is 0 Å². The lowest BCUT2D eigenvalue weighted by Gasteiger charge is -2.29. The Balaban J connectivity index is 5.02. The van der Waals surface area contributed by atoms with Gasteiger partial charge in [0.15, 0.2) is 5.41 Å². The van der Waals surface area contributed by atoms with Gasteiger partial charge in [0.1, 0.15) is 0 Å². The molecule has 0 aromatic carbocycles. The van der Waals surface area contributed by atoms with Gasteiger partial charge >= 0.3 is 11.9 Å². The van der Waals surface area contributed by atoms with Crippen molar-refractivity contribution in [2.45, 2.75) is 27.7 Å². The molecule has 0 bridgehead atoms. The molecule has 1 atom stereocenters. The summed E-state index contributed by atoms with van der Waals surface area (Å²) in [5.41, 5.74) is -1.69. The molecule has 4 nitrogen and oxygen atoms in total. The van der Waals surface area contributed by atoms with E-state index >= 15 is 0 Å². The molecule has 0 saturated carbocycles. The fourth-order valence-electron chi connectivity index (χ4n) is 1.15. The van der Waals surface area contributed by atoms with Gasteiger partial charge < -0.3 is 10.2 Å². The SMILES string of the molecule is CC(C)C(C)C(C)(C(=O)O)C(=O)O. The van der Waals surface area contributed by atoms with Crippen molar-refractivity contribution in [1.29, 1.82) is 0 Å². The molecule has 0 aliphatic heterocycles. The highest BCUT2D eigenvalue weighted by atomic mass is 16.4. The van der Waals surface area contributed by atoms with Crippen LogP contribution in [-0.2, 0) is 9.59 Å². The molecule has 0 aliphatic carbocycles. The van der Waals surface area contributed by atoms with Crippen LogP contribution in [0.3, 0.4) is 0 Å². The third-order valence-electron chi connectivity index (χ3n) is 2.80. The summed E-state index contributed by atoms with van der Waals surface area (Å²) in [5.74, 6) is -2.93. The van der Waals surface area contributed by atoms with E-state index in [-0.39, 0.29) is 5.92 Å². The van der Waals surface area contributed by atoms with Crippen molar-refractivity contribution in [3.05, 3.63) is 0 Å². The van der Waals surface area contributed by atoms with Crippen molar-refractivity contribution in [1.82, 2.24) is 0 Å². The Hall–Kier alpha value is -1.06. The molecule has 2 N–H and O–H groups in total. The quantitative estimate of drug-likeness (QED) is 0.655. The number of hydrogen-bond acceptors (Lipinski definition) is 2. The van der Waals surface area contributed by atoms with Crippen LogP contribution in [0.4, 0.5) is 0 Å². The zero-order chi connectivity index (χ0) is 10.8. The molecule has 0 spiro atoms. The first kappa shape index (κ1) is 11.9. The molecule has 0 heterocycles. The Labute approximate surface area is 77.6 Å². The van der Waals surface area contributed by atoms with Crippen LogP contribution in [0, 0.1) is 17.3 Å². The minimum Gasteiger partial charge on any atom is -0.480 e. The Morgan fingerprint density at radius 2 is 1.38 bits per heavy atom. The van der Waals surface area contributed by atoms with Gasteiger partial charge in [-0.3, -0.25) is 9.59 Å². The summed E-state index contributed by atoms with van der Waals surface area (Å²) in [6, 6.07) is 0. The summed E-state index contributed by atoms with van der Waals surface area (Å²) >= 11 is 0. The van der Waals surface area contributed by atoms with Crippen LogP contribution in [0.1, 0.15) is 27.7 Å². The van der Waals surface area contributed by atoms with Gasteiger partial charge in [0.2, 0.25) is 0 Å². The number of carboxylic acids is 2. The first-order chi connectivity index (χ1) is 5.74. The van der Waals surface area contributed by atoms with Crippen molar-refractivity contribution < 1.29 is 19.8 Å². The Bertz CT molecular complexity index is 206. The number of carbonyl (C=O) groups is 2. The van der Waals surface area contributed by atoms with Crippen LogP contribution in [0.5, 0.6) is 0 Å². The summed E-state index contributed by atoms with van der Waals surface area (Å²) < 4.78 is 0. The zero-order valence-electron chi connectivity index (χ0n) is 8.37. The summed E-state index contributed by atoms with van der Waals surface area (Å²) in [7, 11) is 0. The van der Waals surface area contributed by atoms with Crippen molar-refractivity contribution in [3.8, 4) is 0 Å². The number of carboxylic acid groups (broad SMARTS) is 2. The highest BCUT2D eigenvalue weighted by Gasteiger charge is 2.47. The first-order valence-electron chi connectivity index (χ1n) is 4.21. The van der Waals surface area contributed by atoms with E-state index in [1.165, 1.54) is 6.92 Å². The minimum atomic E-state index is -1.69. The molecule has 76 valence electrons. The number of hydrogen-bond donors (Lipinski definition) is 2. The Morgan fingerprint density at radius 3 is 1.46 bits per heavy atom. The van der Waals surface area contributed by atoms with Crippen LogP contribution in [0.15, 0.2) is 0 Å². The standard InChI is InChI=1S/C9H16O4/c1-5(2)6(3)9(4,7(10)11)8(12)13/h5-6H,1-4H3,(H,10,11)(H,12,13). The van der Waals surface area contributed by atoms with Gasteiger partial charge in [-0.05, 0) is 18.8 Å². The van der Waals surface area contributed by atoms with Crippen LogP contribution in [-0.4, -0.2) is 22.2 Å². The second-order valence-electron chi connectivity index (χ2n) is 3.85. The van der Waals surface area contributed by atoms with Gasteiger partial charge in [-0.15, -0.1) is 0 Å². The van der Waals surface area contributed by atoms with Gasteiger partial charge in [-0.2, -0.15) is 0 Å². The lowest BCUT2D eigenvalue weighted by molar-refractivity contribution is -0.168. The largest absolute Gasteiger partial charge is 0.480 e. The third-order valence-corrected chi connectivity index (χ3v) is 2.80. The summed E-state index contributed by atoms with van der Waals surface area (Å²) in [5, 5.41) is 17.7. The summed E-state index contributed by atoms with van der Waals surface area (Å²) in [6.45, 7) is 6.53. The fourth-order valence-corrected chi connectivity index (χ4v) is 1.15. The van der Waals surface area contributed by atoms with Crippen molar-refractivity contribution in [2.75, 3.05) is 0 Å². The van der Waals surface area contributed by atoms with Gasteiger partial charge in [0.25, 0.3) is 0 Å². The summed E-state index contributed by atoms with van der Waals surface area (Å²) in [6.07, 6.45) is 0. The normalized spacial score (nSPS) is 14.2. The van der Waals surface area contributed by atoms with E-state index in [1.807, 2.05) is 13.8 Å². The minimum absolute atomic E-state index is 0.0252. The van der Waals surface area contributed by atoms with Crippen molar-refractivity contribution in [3.63, 3.8) is 0 Å². The molecule has 0 radical (unpaired) electrons. The van der Waals surface area contributed by atoms with E-state index < -0.39 is 23.3 Å². The van der Waals surface area contributed by atoms with E-state index in [9.17, 15) is 9.59 Å². The predicted octanol–water partition coefficient (Wildman–Crippen LogP) is 1.45. The molecule has 0 amide bonds. The van der Waals surface area contributed by atoms with Crippen molar-refractivity contribution >= 4 is 11.9 Å². The maximum Gasteiger partial charge on any atom is 0.321 e. The monoisotopic (exact) mass is 188 g/mol. The van der Waals surface area contributed by atoms with Crippen LogP contribution < -0.4 is 0 Å². The molecular weight excluding hydrogens is 172 g/mol. The average molecular weight is 188 g/mol. The molecule has 13 heavy (non-hydrogen) atoms. The topological polar surface area (TPSA) is 74.6 Å². The van der Waals surface area contributed by atoms with Gasteiger partial charge in [-0.25, -0.2) is 0 Å². The molecular formula is C9H16O4. The van der Waals surface area contributed by atoms with E-state index in [2.05, 4.69) is 0 Å².